The minimum atomic E-state index is 0.224. The molecule has 0 atom stereocenters. The van der Waals surface area contributed by atoms with Crippen LogP contribution in [0.2, 0.25) is 0 Å². The summed E-state index contributed by atoms with van der Waals surface area (Å²) in [6, 6.07) is 0. The maximum Gasteiger partial charge on any atom is 0.225 e. The van der Waals surface area contributed by atoms with E-state index in [1.807, 2.05) is 4.90 Å². The van der Waals surface area contributed by atoms with E-state index in [4.69, 9.17) is 4.74 Å². The standard InChI is InChI=1S/C10H18N2O2/c13-10(9-1-7-14-8-2-9)12-5-3-11-4-6-12/h9,11H,1-8H2. The van der Waals surface area contributed by atoms with E-state index in [0.29, 0.717) is 5.91 Å². The Morgan fingerprint density at radius 1 is 1.21 bits per heavy atom. The smallest absolute Gasteiger partial charge is 0.225 e. The lowest BCUT2D eigenvalue weighted by Crippen LogP contribution is -2.49. The molecule has 0 aromatic rings. The molecular weight excluding hydrogens is 180 g/mol. The summed E-state index contributed by atoms with van der Waals surface area (Å²) in [5.74, 6) is 0.566. The summed E-state index contributed by atoms with van der Waals surface area (Å²) in [6.45, 7) is 5.13. The van der Waals surface area contributed by atoms with Crippen molar-refractivity contribution in [1.82, 2.24) is 10.2 Å². The van der Waals surface area contributed by atoms with E-state index >= 15 is 0 Å². The number of carbonyl (C=O) groups is 1. The summed E-state index contributed by atoms with van der Waals surface area (Å²) < 4.78 is 5.25. The highest BCUT2D eigenvalue weighted by atomic mass is 16.5. The maximum atomic E-state index is 12.0. The third-order valence-corrected chi connectivity index (χ3v) is 3.00. The van der Waals surface area contributed by atoms with Gasteiger partial charge in [0.2, 0.25) is 5.91 Å². The van der Waals surface area contributed by atoms with Crippen molar-refractivity contribution in [2.75, 3.05) is 39.4 Å². The fraction of sp³-hybridized carbons (Fsp3) is 0.900. The van der Waals surface area contributed by atoms with Crippen molar-refractivity contribution in [3.63, 3.8) is 0 Å². The van der Waals surface area contributed by atoms with Crippen molar-refractivity contribution in [2.24, 2.45) is 5.92 Å². The average Bonchev–Trinajstić information content (AvgIpc) is 2.30. The molecular formula is C10H18N2O2. The number of amides is 1. The van der Waals surface area contributed by atoms with E-state index in [0.717, 1.165) is 52.2 Å². The van der Waals surface area contributed by atoms with Gasteiger partial charge in [0, 0.05) is 45.3 Å². The van der Waals surface area contributed by atoms with Crippen LogP contribution >= 0.6 is 0 Å². The fourth-order valence-electron chi connectivity index (χ4n) is 2.09. The first kappa shape index (κ1) is 9.93. The number of ether oxygens (including phenoxy) is 1. The van der Waals surface area contributed by atoms with Gasteiger partial charge in [-0.2, -0.15) is 0 Å². The predicted octanol–water partition coefficient (Wildman–Crippen LogP) is -0.155. The summed E-state index contributed by atoms with van der Waals surface area (Å²) in [5.41, 5.74) is 0. The molecule has 0 radical (unpaired) electrons. The van der Waals surface area contributed by atoms with Crippen LogP contribution in [-0.2, 0) is 9.53 Å². The van der Waals surface area contributed by atoms with Gasteiger partial charge in [0.25, 0.3) is 0 Å². The van der Waals surface area contributed by atoms with Crippen molar-refractivity contribution in [2.45, 2.75) is 12.8 Å². The SMILES string of the molecule is O=C(C1CCOCC1)N1CCNCC1. The van der Waals surface area contributed by atoms with Gasteiger partial charge in [0.15, 0.2) is 0 Å². The van der Waals surface area contributed by atoms with Crippen molar-refractivity contribution in [3.8, 4) is 0 Å². The number of carbonyl (C=O) groups excluding carboxylic acids is 1. The quantitative estimate of drug-likeness (QED) is 0.637. The third-order valence-electron chi connectivity index (χ3n) is 3.00. The lowest BCUT2D eigenvalue weighted by molar-refractivity contribution is -0.139. The Kier molecular flexibility index (Phi) is 3.37. The number of piperazine rings is 1. The number of hydrogen-bond donors (Lipinski definition) is 1. The Balaban J connectivity index is 1.85. The minimum absolute atomic E-state index is 0.224. The van der Waals surface area contributed by atoms with Gasteiger partial charge in [-0.1, -0.05) is 0 Å². The molecule has 4 heteroatoms. The Morgan fingerprint density at radius 3 is 2.50 bits per heavy atom. The minimum Gasteiger partial charge on any atom is -0.381 e. The van der Waals surface area contributed by atoms with Gasteiger partial charge in [0.05, 0.1) is 0 Å². The molecule has 2 aliphatic heterocycles. The van der Waals surface area contributed by atoms with Crippen LogP contribution in [0.1, 0.15) is 12.8 Å². The zero-order chi connectivity index (χ0) is 9.80. The van der Waals surface area contributed by atoms with Gasteiger partial charge in [-0.15, -0.1) is 0 Å². The molecule has 1 N–H and O–H groups in total. The molecule has 2 rings (SSSR count). The average molecular weight is 198 g/mol. The number of nitrogens with zero attached hydrogens (tertiary/aromatic N) is 1. The first-order chi connectivity index (χ1) is 6.88. The van der Waals surface area contributed by atoms with Gasteiger partial charge in [-0.25, -0.2) is 0 Å². The topological polar surface area (TPSA) is 41.6 Å². The molecule has 2 saturated heterocycles. The fourth-order valence-corrected chi connectivity index (χ4v) is 2.09. The normalized spacial score (nSPS) is 25.0. The molecule has 0 bridgehead atoms. The van der Waals surface area contributed by atoms with E-state index < -0.39 is 0 Å². The van der Waals surface area contributed by atoms with Crippen LogP contribution in [0.15, 0.2) is 0 Å². The Hall–Kier alpha value is -0.610. The number of hydrogen-bond acceptors (Lipinski definition) is 3. The molecule has 14 heavy (non-hydrogen) atoms. The number of rotatable bonds is 1. The molecule has 0 aliphatic carbocycles. The van der Waals surface area contributed by atoms with Crippen LogP contribution in [0, 0.1) is 5.92 Å². The lowest BCUT2D eigenvalue weighted by Gasteiger charge is -2.32. The van der Waals surface area contributed by atoms with E-state index in [1.54, 1.807) is 0 Å². The highest BCUT2D eigenvalue weighted by molar-refractivity contribution is 5.79. The van der Waals surface area contributed by atoms with E-state index in [1.165, 1.54) is 0 Å². The molecule has 0 unspecified atom stereocenters. The van der Waals surface area contributed by atoms with E-state index in [2.05, 4.69) is 5.32 Å². The van der Waals surface area contributed by atoms with Gasteiger partial charge >= 0.3 is 0 Å². The molecule has 2 fully saturated rings. The third kappa shape index (κ3) is 2.25. The summed E-state index contributed by atoms with van der Waals surface area (Å²) >= 11 is 0. The van der Waals surface area contributed by atoms with E-state index in [9.17, 15) is 4.79 Å². The van der Waals surface area contributed by atoms with Crippen molar-refractivity contribution < 1.29 is 9.53 Å². The molecule has 0 saturated carbocycles. The van der Waals surface area contributed by atoms with Crippen LogP contribution in [0.3, 0.4) is 0 Å². The molecule has 0 aromatic carbocycles. The summed E-state index contributed by atoms with van der Waals surface area (Å²) in [5, 5.41) is 3.25. The zero-order valence-corrected chi connectivity index (χ0v) is 8.50. The summed E-state index contributed by atoms with van der Waals surface area (Å²) in [6.07, 6.45) is 1.81. The van der Waals surface area contributed by atoms with Crippen LogP contribution in [0.25, 0.3) is 0 Å². The molecule has 4 nitrogen and oxygen atoms in total. The second-order valence-electron chi connectivity index (χ2n) is 3.96. The van der Waals surface area contributed by atoms with Crippen LogP contribution in [0.5, 0.6) is 0 Å². The molecule has 80 valence electrons. The molecule has 2 aliphatic rings. The monoisotopic (exact) mass is 198 g/mol. The first-order valence-corrected chi connectivity index (χ1v) is 5.45. The largest absolute Gasteiger partial charge is 0.381 e. The maximum absolute atomic E-state index is 12.0. The molecule has 0 spiro atoms. The zero-order valence-electron chi connectivity index (χ0n) is 8.50. The second kappa shape index (κ2) is 4.75. The molecule has 1 amide bonds. The van der Waals surface area contributed by atoms with Gasteiger partial charge in [-0.3, -0.25) is 4.79 Å². The highest BCUT2D eigenvalue weighted by Gasteiger charge is 2.26. The van der Waals surface area contributed by atoms with Crippen LogP contribution < -0.4 is 5.32 Å². The highest BCUT2D eigenvalue weighted by Crippen LogP contribution is 2.17. The van der Waals surface area contributed by atoms with Crippen LogP contribution in [0.4, 0.5) is 0 Å². The Labute approximate surface area is 84.6 Å². The van der Waals surface area contributed by atoms with Crippen molar-refractivity contribution in [3.05, 3.63) is 0 Å². The summed E-state index contributed by atoms with van der Waals surface area (Å²) in [4.78, 5) is 14.0. The van der Waals surface area contributed by atoms with Crippen LogP contribution in [-0.4, -0.2) is 50.2 Å². The molecule has 0 aromatic heterocycles. The van der Waals surface area contributed by atoms with Crippen molar-refractivity contribution in [1.29, 1.82) is 0 Å². The van der Waals surface area contributed by atoms with Crippen molar-refractivity contribution >= 4 is 5.91 Å². The summed E-state index contributed by atoms with van der Waals surface area (Å²) in [7, 11) is 0. The Bertz CT molecular complexity index is 176. The Morgan fingerprint density at radius 2 is 1.86 bits per heavy atom. The van der Waals surface area contributed by atoms with Gasteiger partial charge in [-0.05, 0) is 12.8 Å². The van der Waals surface area contributed by atoms with Gasteiger partial charge < -0.3 is 15.0 Å². The predicted molar refractivity (Wildman–Crippen MR) is 53.0 cm³/mol. The van der Waals surface area contributed by atoms with E-state index in [-0.39, 0.29) is 5.92 Å². The molecule has 2 heterocycles. The lowest BCUT2D eigenvalue weighted by atomic mass is 9.98. The number of nitrogens with one attached hydrogen (secondary N) is 1. The first-order valence-electron chi connectivity index (χ1n) is 5.45. The van der Waals surface area contributed by atoms with Gasteiger partial charge in [0.1, 0.15) is 0 Å². The second-order valence-corrected chi connectivity index (χ2v) is 3.96.